The zero-order valence-corrected chi connectivity index (χ0v) is 19.4. The molecule has 2 unspecified atom stereocenters. The summed E-state index contributed by atoms with van der Waals surface area (Å²) in [5.41, 5.74) is 2.65. The summed E-state index contributed by atoms with van der Waals surface area (Å²) in [6.45, 7) is 8.51. The predicted octanol–water partition coefficient (Wildman–Crippen LogP) is 6.39. The fraction of sp³-hybridized carbons (Fsp3) is 0.320. The summed E-state index contributed by atoms with van der Waals surface area (Å²) in [7, 11) is 0. The molecule has 4 rings (SSSR count). The molecule has 7 heteroatoms. The van der Waals surface area contributed by atoms with Crippen molar-refractivity contribution in [1.29, 1.82) is 0 Å². The lowest BCUT2D eigenvalue weighted by Crippen LogP contribution is -2.43. The van der Waals surface area contributed by atoms with Crippen molar-refractivity contribution in [3.8, 4) is 11.3 Å². The van der Waals surface area contributed by atoms with Crippen LogP contribution in [0.1, 0.15) is 42.8 Å². The Morgan fingerprint density at radius 1 is 1.06 bits per heavy atom. The number of thiazole rings is 1. The molecule has 2 atom stereocenters. The monoisotopic (exact) mass is 452 g/mol. The van der Waals surface area contributed by atoms with Gasteiger partial charge in [-0.15, -0.1) is 11.3 Å². The van der Waals surface area contributed by atoms with Crippen LogP contribution in [0, 0.1) is 24.5 Å². The van der Waals surface area contributed by atoms with E-state index in [9.17, 15) is 4.39 Å². The van der Waals surface area contributed by atoms with Gasteiger partial charge in [-0.2, -0.15) is 5.10 Å². The molecule has 0 fully saturated rings. The highest BCUT2D eigenvalue weighted by atomic mass is 32.1. The maximum Gasteiger partial charge on any atom is 0.137 e. The number of benzene rings is 2. The van der Waals surface area contributed by atoms with Gasteiger partial charge in [0.05, 0.1) is 17.2 Å². The zero-order chi connectivity index (χ0) is 22.9. The number of hydrogen-bond donors (Lipinski definition) is 0. The SMILES string of the molecule is Cc1ccc(-c2csc(C(C)C(Cn3cncn3)(c3cc(F)ccc3F)C(C)C)n2)cc1. The Labute approximate surface area is 191 Å². The van der Waals surface area contributed by atoms with Crippen LogP contribution in [0.5, 0.6) is 0 Å². The first-order valence-electron chi connectivity index (χ1n) is 10.6. The van der Waals surface area contributed by atoms with E-state index in [1.807, 2.05) is 33.1 Å². The van der Waals surface area contributed by atoms with Gasteiger partial charge in [0.1, 0.15) is 24.3 Å². The van der Waals surface area contributed by atoms with Crippen LogP contribution in [0.3, 0.4) is 0 Å². The minimum Gasteiger partial charge on any atom is -0.252 e. The molecular weight excluding hydrogens is 426 g/mol. The summed E-state index contributed by atoms with van der Waals surface area (Å²) in [6.07, 6.45) is 3.07. The summed E-state index contributed by atoms with van der Waals surface area (Å²) in [6, 6.07) is 11.9. The van der Waals surface area contributed by atoms with Crippen molar-refractivity contribution >= 4 is 11.3 Å². The molecule has 0 aliphatic heterocycles. The molecule has 0 bridgehead atoms. The van der Waals surface area contributed by atoms with Crippen molar-refractivity contribution < 1.29 is 8.78 Å². The van der Waals surface area contributed by atoms with Gasteiger partial charge in [0, 0.05) is 22.3 Å². The van der Waals surface area contributed by atoms with E-state index < -0.39 is 17.0 Å². The van der Waals surface area contributed by atoms with Gasteiger partial charge in [-0.05, 0) is 36.6 Å². The summed E-state index contributed by atoms with van der Waals surface area (Å²) in [5, 5.41) is 7.17. The van der Waals surface area contributed by atoms with Gasteiger partial charge in [0.25, 0.3) is 0 Å². The Balaban J connectivity index is 1.84. The number of hydrogen-bond acceptors (Lipinski definition) is 4. The van der Waals surface area contributed by atoms with Gasteiger partial charge < -0.3 is 0 Å². The van der Waals surface area contributed by atoms with E-state index in [1.165, 1.54) is 24.0 Å². The molecule has 0 amide bonds. The van der Waals surface area contributed by atoms with Crippen molar-refractivity contribution in [3.63, 3.8) is 0 Å². The van der Waals surface area contributed by atoms with Crippen molar-refractivity contribution in [3.05, 3.63) is 88.3 Å². The van der Waals surface area contributed by atoms with Crippen molar-refractivity contribution in [1.82, 2.24) is 19.7 Å². The van der Waals surface area contributed by atoms with Crippen LogP contribution in [0.4, 0.5) is 8.78 Å². The normalized spacial score (nSPS) is 14.5. The number of halogens is 2. The Kier molecular flexibility index (Phi) is 6.20. The van der Waals surface area contributed by atoms with Crippen LogP contribution in [0.2, 0.25) is 0 Å². The van der Waals surface area contributed by atoms with Crippen LogP contribution in [0.25, 0.3) is 11.3 Å². The molecule has 0 aliphatic rings. The highest BCUT2D eigenvalue weighted by Gasteiger charge is 2.45. The Bertz CT molecular complexity index is 1190. The van der Waals surface area contributed by atoms with Gasteiger partial charge in [-0.3, -0.25) is 4.68 Å². The molecule has 2 heterocycles. The first-order valence-corrected chi connectivity index (χ1v) is 11.5. The zero-order valence-electron chi connectivity index (χ0n) is 18.6. The quantitative estimate of drug-likeness (QED) is 0.326. The third-order valence-electron chi connectivity index (χ3n) is 6.36. The van der Waals surface area contributed by atoms with Gasteiger partial charge >= 0.3 is 0 Å². The van der Waals surface area contributed by atoms with Crippen molar-refractivity contribution in [2.45, 2.75) is 45.6 Å². The molecule has 0 spiro atoms. The average Bonchev–Trinajstić information content (AvgIpc) is 3.46. The van der Waals surface area contributed by atoms with E-state index in [0.29, 0.717) is 12.1 Å². The van der Waals surface area contributed by atoms with Crippen LogP contribution in [0.15, 0.2) is 60.5 Å². The fourth-order valence-corrected chi connectivity index (χ4v) is 5.44. The molecule has 4 nitrogen and oxygen atoms in total. The third-order valence-corrected chi connectivity index (χ3v) is 7.39. The Hall–Kier alpha value is -2.93. The Morgan fingerprint density at radius 3 is 2.47 bits per heavy atom. The van der Waals surface area contributed by atoms with Gasteiger partial charge in [-0.1, -0.05) is 50.6 Å². The molecule has 0 N–H and O–H groups in total. The summed E-state index contributed by atoms with van der Waals surface area (Å²) in [4.78, 5) is 8.98. The molecule has 2 aromatic heterocycles. The van der Waals surface area contributed by atoms with Crippen molar-refractivity contribution in [2.24, 2.45) is 5.92 Å². The first kappa shape index (κ1) is 22.3. The van der Waals surface area contributed by atoms with Gasteiger partial charge in [-0.25, -0.2) is 18.7 Å². The fourth-order valence-electron chi connectivity index (χ4n) is 4.45. The van der Waals surface area contributed by atoms with E-state index in [-0.39, 0.29) is 11.8 Å². The van der Waals surface area contributed by atoms with E-state index >= 15 is 4.39 Å². The maximum absolute atomic E-state index is 15.2. The highest BCUT2D eigenvalue weighted by molar-refractivity contribution is 7.10. The summed E-state index contributed by atoms with van der Waals surface area (Å²) in [5.74, 6) is -1.13. The minimum absolute atomic E-state index is 0.0373. The van der Waals surface area contributed by atoms with E-state index in [1.54, 1.807) is 22.3 Å². The predicted molar refractivity (Wildman–Crippen MR) is 124 cm³/mol. The van der Waals surface area contributed by atoms with Crippen LogP contribution in [-0.2, 0) is 12.0 Å². The van der Waals surface area contributed by atoms with Crippen molar-refractivity contribution in [2.75, 3.05) is 0 Å². The second-order valence-corrected chi connectivity index (χ2v) is 9.46. The maximum atomic E-state index is 15.2. The molecule has 2 aromatic carbocycles. The first-order chi connectivity index (χ1) is 15.3. The van der Waals surface area contributed by atoms with Gasteiger partial charge in [0.15, 0.2) is 0 Å². The molecule has 32 heavy (non-hydrogen) atoms. The van der Waals surface area contributed by atoms with Crippen LogP contribution < -0.4 is 0 Å². The second-order valence-electron chi connectivity index (χ2n) is 8.57. The number of nitrogens with zero attached hydrogens (tertiary/aromatic N) is 4. The molecule has 0 saturated heterocycles. The molecule has 166 valence electrons. The number of aromatic nitrogens is 4. The third kappa shape index (κ3) is 4.09. The molecule has 0 aliphatic carbocycles. The average molecular weight is 453 g/mol. The van der Waals surface area contributed by atoms with Crippen LogP contribution in [-0.4, -0.2) is 19.7 Å². The summed E-state index contributed by atoms with van der Waals surface area (Å²) < 4.78 is 31.2. The lowest BCUT2D eigenvalue weighted by molar-refractivity contribution is 0.204. The molecule has 4 aromatic rings. The number of rotatable bonds is 7. The molecular formula is C25H26F2N4S. The smallest absolute Gasteiger partial charge is 0.137 e. The molecule has 0 radical (unpaired) electrons. The highest BCUT2D eigenvalue weighted by Crippen LogP contribution is 2.48. The van der Waals surface area contributed by atoms with Gasteiger partial charge in [0.2, 0.25) is 0 Å². The lowest BCUT2D eigenvalue weighted by Gasteiger charge is -2.42. The Morgan fingerprint density at radius 2 is 1.81 bits per heavy atom. The standard InChI is InChI=1S/C25H26F2N4S/c1-16(2)25(13-31-15-28-14-29-31,21-11-20(26)9-10-22(21)27)18(4)24-30-23(12-32-24)19-7-5-17(3)6-8-19/h5-12,14-16,18H,13H2,1-4H3. The summed E-state index contributed by atoms with van der Waals surface area (Å²) >= 11 is 1.55. The van der Waals surface area contributed by atoms with E-state index in [4.69, 9.17) is 4.98 Å². The molecule has 0 saturated carbocycles. The van der Waals surface area contributed by atoms with E-state index in [0.717, 1.165) is 22.3 Å². The number of aryl methyl sites for hydroxylation is 1. The second kappa shape index (κ2) is 8.90. The minimum atomic E-state index is -0.789. The lowest BCUT2D eigenvalue weighted by atomic mass is 9.63. The van der Waals surface area contributed by atoms with E-state index in [2.05, 4.69) is 34.3 Å². The topological polar surface area (TPSA) is 43.6 Å². The van der Waals surface area contributed by atoms with Crippen LogP contribution >= 0.6 is 11.3 Å². The largest absolute Gasteiger partial charge is 0.252 e.